The first-order chi connectivity index (χ1) is 10.1. The van der Waals surface area contributed by atoms with Crippen molar-refractivity contribution in [3.05, 3.63) is 34.9 Å². The van der Waals surface area contributed by atoms with Gasteiger partial charge in [0.1, 0.15) is 6.17 Å². The Hall–Kier alpha value is -1.10. The first-order valence-corrected chi connectivity index (χ1v) is 7.87. The van der Waals surface area contributed by atoms with Gasteiger partial charge < -0.3 is 9.64 Å². The van der Waals surface area contributed by atoms with Crippen molar-refractivity contribution in [3.63, 3.8) is 0 Å². The summed E-state index contributed by atoms with van der Waals surface area (Å²) in [4.78, 5) is 14.7. The van der Waals surface area contributed by atoms with Crippen LogP contribution >= 0.6 is 11.6 Å². The standard InChI is InChI=1S/C16H21ClN2O2/c1-10(2)14-16(20)19(13-6-7-21-9-13)15(18-14)11-4-3-5-12(17)8-11/h3-5,8,10,13-15,18H,6-7,9H2,1-2H3. The molecule has 2 aliphatic heterocycles. The minimum atomic E-state index is -0.144. The second kappa shape index (κ2) is 5.95. The minimum absolute atomic E-state index is 0.115. The van der Waals surface area contributed by atoms with Crippen molar-refractivity contribution in [2.24, 2.45) is 5.92 Å². The van der Waals surface area contributed by atoms with Crippen molar-refractivity contribution in [1.29, 1.82) is 0 Å². The Labute approximate surface area is 130 Å². The van der Waals surface area contributed by atoms with Gasteiger partial charge in [-0.2, -0.15) is 0 Å². The summed E-state index contributed by atoms with van der Waals surface area (Å²) >= 11 is 6.11. The number of hydrogen-bond donors (Lipinski definition) is 1. The Balaban J connectivity index is 1.93. The Morgan fingerprint density at radius 3 is 2.86 bits per heavy atom. The Morgan fingerprint density at radius 1 is 1.43 bits per heavy atom. The van der Waals surface area contributed by atoms with E-state index in [4.69, 9.17) is 16.3 Å². The summed E-state index contributed by atoms with van der Waals surface area (Å²) in [6.45, 7) is 5.48. The number of amides is 1. The van der Waals surface area contributed by atoms with E-state index in [1.54, 1.807) is 0 Å². The fraction of sp³-hybridized carbons (Fsp3) is 0.562. The Morgan fingerprint density at radius 2 is 2.24 bits per heavy atom. The third-order valence-electron chi connectivity index (χ3n) is 4.27. The highest BCUT2D eigenvalue weighted by molar-refractivity contribution is 6.30. The molecule has 0 aliphatic carbocycles. The average molecular weight is 309 g/mol. The molecule has 2 aliphatic rings. The van der Waals surface area contributed by atoms with Crippen LogP contribution in [0.2, 0.25) is 5.02 Å². The smallest absolute Gasteiger partial charge is 0.241 e. The maximum absolute atomic E-state index is 12.8. The molecule has 0 bridgehead atoms. The summed E-state index contributed by atoms with van der Waals surface area (Å²) in [5.74, 6) is 0.428. The molecule has 0 aromatic heterocycles. The lowest BCUT2D eigenvalue weighted by Gasteiger charge is -2.29. The van der Waals surface area contributed by atoms with Crippen molar-refractivity contribution in [2.75, 3.05) is 13.2 Å². The highest BCUT2D eigenvalue weighted by Gasteiger charge is 2.45. The number of rotatable bonds is 3. The van der Waals surface area contributed by atoms with Crippen LogP contribution in [0.1, 0.15) is 32.0 Å². The lowest BCUT2D eigenvalue weighted by molar-refractivity contribution is -0.133. The van der Waals surface area contributed by atoms with Gasteiger partial charge in [-0.05, 0) is 30.0 Å². The lowest BCUT2D eigenvalue weighted by atomic mass is 10.0. The molecular weight excluding hydrogens is 288 g/mol. The number of carbonyl (C=O) groups is 1. The second-order valence-corrected chi connectivity index (χ2v) is 6.55. The van der Waals surface area contributed by atoms with E-state index in [2.05, 4.69) is 19.2 Å². The maximum atomic E-state index is 12.8. The molecule has 4 nitrogen and oxygen atoms in total. The number of hydrogen-bond acceptors (Lipinski definition) is 3. The van der Waals surface area contributed by atoms with Crippen LogP contribution in [0.15, 0.2) is 24.3 Å². The zero-order valence-corrected chi connectivity index (χ0v) is 13.1. The van der Waals surface area contributed by atoms with Gasteiger partial charge in [0.2, 0.25) is 5.91 Å². The summed E-state index contributed by atoms with van der Waals surface area (Å²) < 4.78 is 5.47. The van der Waals surface area contributed by atoms with Crippen LogP contribution in [0.5, 0.6) is 0 Å². The van der Waals surface area contributed by atoms with E-state index in [0.717, 1.165) is 18.6 Å². The van der Waals surface area contributed by atoms with Gasteiger partial charge in [0.05, 0.1) is 18.7 Å². The predicted octanol–water partition coefficient (Wildman–Crippen LogP) is 2.58. The molecule has 3 rings (SSSR count). The SMILES string of the molecule is CC(C)C1NC(c2cccc(Cl)c2)N(C2CCOC2)C1=O. The van der Waals surface area contributed by atoms with Gasteiger partial charge in [-0.1, -0.05) is 37.6 Å². The third kappa shape index (κ3) is 2.80. The van der Waals surface area contributed by atoms with Crippen LogP contribution in [0, 0.1) is 5.92 Å². The Bertz CT molecular complexity index is 529. The largest absolute Gasteiger partial charge is 0.379 e. The van der Waals surface area contributed by atoms with Crippen molar-refractivity contribution in [3.8, 4) is 0 Å². The predicted molar refractivity (Wildman–Crippen MR) is 82.0 cm³/mol. The summed E-state index contributed by atoms with van der Waals surface area (Å²) in [5.41, 5.74) is 1.03. The van der Waals surface area contributed by atoms with E-state index in [9.17, 15) is 4.79 Å². The summed E-state index contributed by atoms with van der Waals surface area (Å²) in [6.07, 6.45) is 0.783. The minimum Gasteiger partial charge on any atom is -0.379 e. The molecule has 2 saturated heterocycles. The maximum Gasteiger partial charge on any atom is 0.241 e. The molecule has 1 aromatic rings. The lowest BCUT2D eigenvalue weighted by Crippen LogP contribution is -2.41. The quantitative estimate of drug-likeness (QED) is 0.933. The van der Waals surface area contributed by atoms with Gasteiger partial charge >= 0.3 is 0 Å². The van der Waals surface area contributed by atoms with Gasteiger partial charge in [0.15, 0.2) is 0 Å². The van der Waals surface area contributed by atoms with Crippen LogP contribution in [0.3, 0.4) is 0 Å². The van der Waals surface area contributed by atoms with Crippen LogP contribution in [-0.2, 0) is 9.53 Å². The van der Waals surface area contributed by atoms with Gasteiger partial charge in [-0.3, -0.25) is 10.1 Å². The van der Waals surface area contributed by atoms with E-state index >= 15 is 0 Å². The van der Waals surface area contributed by atoms with E-state index in [1.165, 1.54) is 0 Å². The van der Waals surface area contributed by atoms with Gasteiger partial charge in [0, 0.05) is 11.6 Å². The van der Waals surface area contributed by atoms with E-state index < -0.39 is 0 Å². The third-order valence-corrected chi connectivity index (χ3v) is 4.50. The average Bonchev–Trinajstić information content (AvgIpc) is 3.05. The second-order valence-electron chi connectivity index (χ2n) is 6.11. The fourth-order valence-electron chi connectivity index (χ4n) is 3.15. The van der Waals surface area contributed by atoms with Gasteiger partial charge in [-0.15, -0.1) is 0 Å². The summed E-state index contributed by atoms with van der Waals surface area (Å²) in [5, 5.41) is 4.16. The molecule has 0 spiro atoms. The molecule has 0 saturated carbocycles. The molecule has 3 unspecified atom stereocenters. The number of nitrogens with zero attached hydrogens (tertiary/aromatic N) is 1. The van der Waals surface area contributed by atoms with Crippen molar-refractivity contribution in [2.45, 2.75) is 38.5 Å². The normalized spacial score (nSPS) is 29.6. The number of ether oxygens (including phenoxy) is 1. The molecule has 21 heavy (non-hydrogen) atoms. The van der Waals surface area contributed by atoms with Crippen LogP contribution < -0.4 is 5.32 Å². The molecule has 2 fully saturated rings. The molecular formula is C16H21ClN2O2. The number of nitrogens with one attached hydrogen (secondary N) is 1. The van der Waals surface area contributed by atoms with Crippen LogP contribution in [0.4, 0.5) is 0 Å². The molecule has 5 heteroatoms. The number of halogens is 1. The van der Waals surface area contributed by atoms with Gasteiger partial charge in [-0.25, -0.2) is 0 Å². The number of carbonyl (C=O) groups excluding carboxylic acids is 1. The van der Waals surface area contributed by atoms with Crippen LogP contribution in [-0.4, -0.2) is 36.1 Å². The zero-order valence-electron chi connectivity index (χ0n) is 12.4. The van der Waals surface area contributed by atoms with Crippen LogP contribution in [0.25, 0.3) is 0 Å². The molecule has 1 N–H and O–H groups in total. The van der Waals surface area contributed by atoms with Gasteiger partial charge in [0.25, 0.3) is 0 Å². The topological polar surface area (TPSA) is 41.6 Å². The Kier molecular flexibility index (Phi) is 4.20. The first-order valence-electron chi connectivity index (χ1n) is 7.49. The molecule has 1 aromatic carbocycles. The number of benzene rings is 1. The van der Waals surface area contributed by atoms with Crippen molar-refractivity contribution >= 4 is 17.5 Å². The van der Waals surface area contributed by atoms with E-state index in [1.807, 2.05) is 29.2 Å². The molecule has 0 radical (unpaired) electrons. The fourth-order valence-corrected chi connectivity index (χ4v) is 3.35. The highest BCUT2D eigenvalue weighted by atomic mass is 35.5. The van der Waals surface area contributed by atoms with Crippen molar-refractivity contribution in [1.82, 2.24) is 10.2 Å². The summed E-state index contributed by atoms with van der Waals surface area (Å²) in [6, 6.07) is 7.73. The molecule has 3 atom stereocenters. The van der Waals surface area contributed by atoms with Crippen molar-refractivity contribution < 1.29 is 9.53 Å². The van der Waals surface area contributed by atoms with E-state index in [-0.39, 0.29) is 30.1 Å². The monoisotopic (exact) mass is 308 g/mol. The molecule has 114 valence electrons. The zero-order chi connectivity index (χ0) is 15.0. The summed E-state index contributed by atoms with van der Waals surface area (Å²) in [7, 11) is 0. The first kappa shape index (κ1) is 14.8. The molecule has 2 heterocycles. The highest BCUT2D eigenvalue weighted by Crippen LogP contribution is 2.33. The molecule has 1 amide bonds. The van der Waals surface area contributed by atoms with E-state index in [0.29, 0.717) is 11.6 Å².